The smallest absolute Gasteiger partial charge is 0.123 e. The summed E-state index contributed by atoms with van der Waals surface area (Å²) in [7, 11) is 1.49. The highest BCUT2D eigenvalue weighted by atomic mass is 19.1. The van der Waals surface area contributed by atoms with Crippen molar-refractivity contribution in [1.29, 1.82) is 0 Å². The fourth-order valence-corrected chi connectivity index (χ4v) is 2.90. The highest BCUT2D eigenvalue weighted by Gasteiger charge is 2.09. The van der Waals surface area contributed by atoms with Gasteiger partial charge in [-0.2, -0.15) is 0 Å². The van der Waals surface area contributed by atoms with Crippen LogP contribution in [0.5, 0.6) is 5.75 Å². The van der Waals surface area contributed by atoms with Gasteiger partial charge in [-0.1, -0.05) is 35.5 Å². The van der Waals surface area contributed by atoms with Gasteiger partial charge in [0.25, 0.3) is 0 Å². The van der Waals surface area contributed by atoms with Gasteiger partial charge in [-0.05, 0) is 67.1 Å². The van der Waals surface area contributed by atoms with Crippen LogP contribution in [0.2, 0.25) is 0 Å². The Kier molecular flexibility index (Phi) is 7.78. The minimum atomic E-state index is -0.285. The summed E-state index contributed by atoms with van der Waals surface area (Å²) in [5.74, 6) is 0.514. The molecule has 3 aromatic rings. The van der Waals surface area contributed by atoms with Crippen LogP contribution in [0.1, 0.15) is 23.1 Å². The summed E-state index contributed by atoms with van der Waals surface area (Å²) in [4.78, 5) is 4.96. The van der Waals surface area contributed by atoms with Gasteiger partial charge in [-0.15, -0.1) is 0 Å². The molecule has 0 aliphatic heterocycles. The maximum Gasteiger partial charge on any atom is 0.123 e. The van der Waals surface area contributed by atoms with E-state index < -0.39 is 0 Å². The van der Waals surface area contributed by atoms with Crippen molar-refractivity contribution in [3.63, 3.8) is 0 Å². The van der Waals surface area contributed by atoms with Crippen molar-refractivity contribution in [2.45, 2.75) is 13.0 Å². The minimum Gasteiger partial charge on any atom is -0.494 e. The second-order valence-electron chi connectivity index (χ2n) is 6.52. The molecule has 1 N–H and O–H groups in total. The van der Waals surface area contributed by atoms with Crippen molar-refractivity contribution in [2.24, 2.45) is 5.16 Å². The zero-order chi connectivity index (χ0) is 20.3. The van der Waals surface area contributed by atoms with Crippen LogP contribution < -0.4 is 10.1 Å². The van der Waals surface area contributed by atoms with E-state index in [9.17, 15) is 4.39 Å². The minimum absolute atomic E-state index is 0.285. The van der Waals surface area contributed by atoms with Gasteiger partial charge in [0.15, 0.2) is 0 Å². The molecule has 3 rings (SSSR count). The molecule has 0 radical (unpaired) electrons. The van der Waals surface area contributed by atoms with Crippen LogP contribution in [0.15, 0.2) is 84.0 Å². The number of nitrogens with one attached hydrogen (secondary N) is 1. The van der Waals surface area contributed by atoms with E-state index >= 15 is 0 Å². The summed E-state index contributed by atoms with van der Waals surface area (Å²) in [6.45, 7) is 2.39. The van der Waals surface area contributed by atoms with E-state index in [2.05, 4.69) is 22.6 Å². The average molecular weight is 392 g/mol. The van der Waals surface area contributed by atoms with Crippen LogP contribution in [-0.2, 0) is 11.4 Å². The lowest BCUT2D eigenvalue weighted by Gasteiger charge is -2.10. The summed E-state index contributed by atoms with van der Waals surface area (Å²) in [5, 5.41) is 7.50. The molecule has 0 spiro atoms. The Morgan fingerprint density at radius 1 is 0.897 bits per heavy atom. The van der Waals surface area contributed by atoms with Crippen molar-refractivity contribution in [1.82, 2.24) is 5.32 Å². The van der Waals surface area contributed by atoms with Crippen molar-refractivity contribution < 1.29 is 14.0 Å². The molecule has 0 fully saturated rings. The Labute approximate surface area is 171 Å². The number of ether oxygens (including phenoxy) is 1. The summed E-state index contributed by atoms with van der Waals surface area (Å²) >= 11 is 0. The predicted molar refractivity (Wildman–Crippen MR) is 114 cm³/mol. The van der Waals surface area contributed by atoms with Gasteiger partial charge in [0.1, 0.15) is 24.4 Å². The number of rotatable bonds is 10. The number of hydrogen-bond donors (Lipinski definition) is 1. The third-order valence-electron chi connectivity index (χ3n) is 4.37. The van der Waals surface area contributed by atoms with E-state index in [1.807, 2.05) is 42.5 Å². The molecule has 0 unspecified atom stereocenters. The van der Waals surface area contributed by atoms with Gasteiger partial charge < -0.3 is 14.9 Å². The summed E-state index contributed by atoms with van der Waals surface area (Å²) in [6, 6.07) is 24.2. The van der Waals surface area contributed by atoms with Gasteiger partial charge >= 0.3 is 0 Å². The Morgan fingerprint density at radius 3 is 2.21 bits per heavy atom. The highest BCUT2D eigenvalue weighted by molar-refractivity contribution is 6.12. The molecule has 0 heterocycles. The molecule has 5 heteroatoms. The maximum absolute atomic E-state index is 13.2. The lowest BCUT2D eigenvalue weighted by Crippen LogP contribution is -2.16. The quantitative estimate of drug-likeness (QED) is 0.307. The Balaban J connectivity index is 1.47. The summed E-state index contributed by atoms with van der Waals surface area (Å²) < 4.78 is 19.0. The predicted octanol–water partition coefficient (Wildman–Crippen LogP) is 4.78. The molecular formula is C24H25FN2O2. The Bertz CT molecular complexity index is 894. The third kappa shape index (κ3) is 6.43. The lowest BCUT2D eigenvalue weighted by molar-refractivity contribution is 0.214. The first kappa shape index (κ1) is 20.6. The van der Waals surface area contributed by atoms with Gasteiger partial charge in [0.2, 0.25) is 0 Å². The van der Waals surface area contributed by atoms with E-state index in [-0.39, 0.29) is 5.82 Å². The number of hydrogen-bond acceptors (Lipinski definition) is 4. The van der Waals surface area contributed by atoms with E-state index in [0.717, 1.165) is 36.4 Å². The van der Waals surface area contributed by atoms with E-state index in [4.69, 9.17) is 9.57 Å². The molecule has 0 aliphatic carbocycles. The lowest BCUT2D eigenvalue weighted by atomic mass is 10.0. The van der Waals surface area contributed by atoms with Crippen LogP contribution in [0.4, 0.5) is 4.39 Å². The first-order valence-corrected chi connectivity index (χ1v) is 9.61. The van der Waals surface area contributed by atoms with Crippen LogP contribution in [-0.4, -0.2) is 26.0 Å². The zero-order valence-corrected chi connectivity index (χ0v) is 16.5. The normalized spacial score (nSPS) is 11.3. The molecule has 0 bridgehead atoms. The molecule has 4 nitrogen and oxygen atoms in total. The van der Waals surface area contributed by atoms with Crippen molar-refractivity contribution in [3.8, 4) is 5.75 Å². The molecule has 0 amide bonds. The molecule has 0 aliphatic rings. The monoisotopic (exact) mass is 392 g/mol. The molecule has 0 saturated carbocycles. The van der Waals surface area contributed by atoms with Gasteiger partial charge in [0, 0.05) is 17.7 Å². The number of halogens is 1. The largest absolute Gasteiger partial charge is 0.494 e. The van der Waals surface area contributed by atoms with Crippen molar-refractivity contribution >= 4 is 5.71 Å². The fraction of sp³-hybridized carbons (Fsp3) is 0.208. The van der Waals surface area contributed by atoms with Gasteiger partial charge in [-0.3, -0.25) is 0 Å². The van der Waals surface area contributed by atoms with Crippen LogP contribution in [0, 0.1) is 5.82 Å². The maximum atomic E-state index is 13.2. The SMILES string of the molecule is CO/N=C(\c1ccc(F)cc1)c1ccc(OCCCNCc2ccccc2)cc1. The summed E-state index contributed by atoms with van der Waals surface area (Å²) in [6.07, 6.45) is 0.917. The molecule has 0 atom stereocenters. The molecular weight excluding hydrogens is 367 g/mol. The second-order valence-corrected chi connectivity index (χ2v) is 6.52. The second kappa shape index (κ2) is 11.0. The first-order chi connectivity index (χ1) is 14.3. The van der Waals surface area contributed by atoms with E-state index in [1.54, 1.807) is 12.1 Å². The highest BCUT2D eigenvalue weighted by Crippen LogP contribution is 2.17. The number of nitrogens with zero attached hydrogens (tertiary/aromatic N) is 1. The van der Waals surface area contributed by atoms with Crippen molar-refractivity contribution in [2.75, 3.05) is 20.3 Å². The molecule has 3 aromatic carbocycles. The van der Waals surface area contributed by atoms with Crippen LogP contribution in [0.25, 0.3) is 0 Å². The molecule has 0 saturated heterocycles. The summed E-state index contributed by atoms with van der Waals surface area (Å²) in [5.41, 5.74) is 3.57. The van der Waals surface area contributed by atoms with Crippen molar-refractivity contribution in [3.05, 3.63) is 101 Å². The topological polar surface area (TPSA) is 42.9 Å². The molecule has 29 heavy (non-hydrogen) atoms. The number of benzene rings is 3. The van der Waals surface area contributed by atoms with E-state index in [1.165, 1.54) is 24.8 Å². The zero-order valence-electron chi connectivity index (χ0n) is 16.5. The fourth-order valence-electron chi connectivity index (χ4n) is 2.90. The van der Waals surface area contributed by atoms with Crippen LogP contribution >= 0.6 is 0 Å². The van der Waals surface area contributed by atoms with Crippen LogP contribution in [0.3, 0.4) is 0 Å². The molecule has 0 aromatic heterocycles. The Hall–Kier alpha value is -3.18. The van der Waals surface area contributed by atoms with E-state index in [0.29, 0.717) is 12.3 Å². The van der Waals surface area contributed by atoms with Gasteiger partial charge in [-0.25, -0.2) is 4.39 Å². The first-order valence-electron chi connectivity index (χ1n) is 9.61. The molecule has 150 valence electrons. The number of oxime groups is 1. The standard InChI is InChI=1S/C24H25FN2O2/c1-28-27-24(20-8-12-22(25)13-9-20)21-10-14-23(15-11-21)29-17-5-16-26-18-19-6-3-2-4-7-19/h2-4,6-15,26H,5,16-18H2,1H3/b27-24+. The average Bonchev–Trinajstić information content (AvgIpc) is 2.76. The van der Waals surface area contributed by atoms with Gasteiger partial charge in [0.05, 0.1) is 6.61 Å². The Morgan fingerprint density at radius 2 is 1.55 bits per heavy atom. The third-order valence-corrected chi connectivity index (χ3v) is 4.37.